The van der Waals surface area contributed by atoms with E-state index in [4.69, 9.17) is 4.99 Å². The summed E-state index contributed by atoms with van der Waals surface area (Å²) in [6, 6.07) is 14.9. The van der Waals surface area contributed by atoms with Crippen LogP contribution in [0.1, 0.15) is 37.8 Å². The summed E-state index contributed by atoms with van der Waals surface area (Å²) in [6.07, 6.45) is 1.19. The molecule has 0 unspecified atom stereocenters. The van der Waals surface area contributed by atoms with Crippen LogP contribution in [0.3, 0.4) is 0 Å². The SMILES string of the molecule is Cc1cccc(NC(=O)N[C@@H]2N=C(N3CCCC(C)(C)C3)c3ccccc3N(C)C2=O)c1. The van der Waals surface area contributed by atoms with Crippen molar-refractivity contribution in [1.29, 1.82) is 0 Å². The molecule has 0 bridgehead atoms. The minimum atomic E-state index is -1.02. The first-order valence-corrected chi connectivity index (χ1v) is 11.1. The first kappa shape index (κ1) is 21.9. The van der Waals surface area contributed by atoms with E-state index >= 15 is 0 Å². The van der Waals surface area contributed by atoms with Crippen molar-refractivity contribution < 1.29 is 9.59 Å². The molecule has 2 aromatic rings. The Labute approximate surface area is 189 Å². The van der Waals surface area contributed by atoms with Crippen molar-refractivity contribution in [2.45, 2.75) is 39.8 Å². The number of anilines is 2. The molecular weight excluding hydrogens is 402 g/mol. The van der Waals surface area contributed by atoms with E-state index in [2.05, 4.69) is 29.4 Å². The molecule has 1 atom stereocenters. The van der Waals surface area contributed by atoms with Crippen molar-refractivity contribution in [1.82, 2.24) is 10.2 Å². The quantitative estimate of drug-likeness (QED) is 0.752. The fourth-order valence-corrected chi connectivity index (χ4v) is 4.47. The second-order valence-electron chi connectivity index (χ2n) is 9.43. The predicted octanol–water partition coefficient (Wildman–Crippen LogP) is 3.99. The number of nitrogens with zero attached hydrogens (tertiary/aromatic N) is 3. The molecule has 168 valence electrons. The molecule has 1 fully saturated rings. The average Bonchev–Trinajstić information content (AvgIpc) is 2.84. The number of amides is 3. The highest BCUT2D eigenvalue weighted by atomic mass is 16.2. The van der Waals surface area contributed by atoms with E-state index in [1.807, 2.05) is 55.5 Å². The van der Waals surface area contributed by atoms with Crippen LogP contribution in [0.2, 0.25) is 0 Å². The average molecular weight is 434 g/mol. The van der Waals surface area contributed by atoms with E-state index in [1.54, 1.807) is 11.9 Å². The second kappa shape index (κ2) is 8.65. The summed E-state index contributed by atoms with van der Waals surface area (Å²) in [5, 5.41) is 5.59. The number of hydrogen-bond donors (Lipinski definition) is 2. The number of urea groups is 1. The molecule has 1 saturated heterocycles. The molecule has 0 aliphatic carbocycles. The number of rotatable bonds is 2. The van der Waals surface area contributed by atoms with Gasteiger partial charge < -0.3 is 20.4 Å². The van der Waals surface area contributed by atoms with E-state index in [9.17, 15) is 9.59 Å². The van der Waals surface area contributed by atoms with E-state index in [0.29, 0.717) is 5.69 Å². The lowest BCUT2D eigenvalue weighted by Crippen LogP contribution is -2.48. The molecule has 0 spiro atoms. The molecule has 3 amide bonds. The van der Waals surface area contributed by atoms with Crippen LogP contribution < -0.4 is 15.5 Å². The first-order valence-electron chi connectivity index (χ1n) is 11.1. The molecule has 0 radical (unpaired) electrons. The Morgan fingerprint density at radius 3 is 2.69 bits per heavy atom. The molecule has 2 aliphatic rings. The lowest BCUT2D eigenvalue weighted by atomic mass is 9.84. The Morgan fingerprint density at radius 2 is 1.94 bits per heavy atom. The molecule has 4 rings (SSSR count). The largest absolute Gasteiger partial charge is 0.356 e. The summed E-state index contributed by atoms with van der Waals surface area (Å²) in [6.45, 7) is 8.19. The summed E-state index contributed by atoms with van der Waals surface area (Å²) in [5.74, 6) is 0.482. The smallest absolute Gasteiger partial charge is 0.321 e. The molecular formula is C25H31N5O2. The van der Waals surface area contributed by atoms with Gasteiger partial charge in [0.05, 0.1) is 5.69 Å². The number of aryl methyl sites for hydroxylation is 1. The van der Waals surface area contributed by atoms with E-state index < -0.39 is 12.2 Å². The third kappa shape index (κ3) is 4.61. The van der Waals surface area contributed by atoms with Gasteiger partial charge in [0.15, 0.2) is 0 Å². The van der Waals surface area contributed by atoms with Crippen molar-refractivity contribution in [3.63, 3.8) is 0 Å². The van der Waals surface area contributed by atoms with Gasteiger partial charge in [-0.3, -0.25) is 4.79 Å². The van der Waals surface area contributed by atoms with Gasteiger partial charge in [-0.2, -0.15) is 0 Å². The normalized spacial score (nSPS) is 20.2. The maximum absolute atomic E-state index is 13.3. The summed E-state index contributed by atoms with van der Waals surface area (Å²) in [4.78, 5) is 34.7. The fourth-order valence-electron chi connectivity index (χ4n) is 4.47. The number of nitrogens with one attached hydrogen (secondary N) is 2. The number of carbonyl (C=O) groups is 2. The Kier molecular flexibility index (Phi) is 5.91. The molecule has 2 heterocycles. The van der Waals surface area contributed by atoms with Crippen LogP contribution in [0.5, 0.6) is 0 Å². The summed E-state index contributed by atoms with van der Waals surface area (Å²) in [5.41, 5.74) is 3.56. The van der Waals surface area contributed by atoms with Gasteiger partial charge >= 0.3 is 6.03 Å². The van der Waals surface area contributed by atoms with Crippen LogP contribution in [-0.4, -0.2) is 49.0 Å². The zero-order valence-electron chi connectivity index (χ0n) is 19.2. The molecule has 2 aliphatic heterocycles. The van der Waals surface area contributed by atoms with Gasteiger partial charge in [0, 0.05) is 31.4 Å². The van der Waals surface area contributed by atoms with Crippen molar-refractivity contribution >= 4 is 29.1 Å². The topological polar surface area (TPSA) is 77.0 Å². The number of benzodiazepines with no additional fused rings is 1. The van der Waals surface area contributed by atoms with Crippen molar-refractivity contribution in [3.05, 3.63) is 59.7 Å². The monoisotopic (exact) mass is 433 g/mol. The van der Waals surface area contributed by atoms with Crippen LogP contribution in [0.15, 0.2) is 53.5 Å². The number of amidine groups is 1. The second-order valence-corrected chi connectivity index (χ2v) is 9.43. The number of benzene rings is 2. The number of para-hydroxylation sites is 1. The van der Waals surface area contributed by atoms with Crippen molar-refractivity contribution in [2.24, 2.45) is 10.4 Å². The lowest BCUT2D eigenvalue weighted by molar-refractivity contribution is -0.119. The Morgan fingerprint density at radius 1 is 1.16 bits per heavy atom. The number of hydrogen-bond acceptors (Lipinski definition) is 4. The molecule has 7 heteroatoms. The van der Waals surface area contributed by atoms with Crippen molar-refractivity contribution in [2.75, 3.05) is 30.4 Å². The fraction of sp³-hybridized carbons (Fsp3) is 0.400. The molecule has 0 aromatic heterocycles. The first-order chi connectivity index (χ1) is 15.2. The van der Waals surface area contributed by atoms with Crippen LogP contribution in [0, 0.1) is 12.3 Å². The number of fused-ring (bicyclic) bond motifs is 1. The van der Waals surface area contributed by atoms with E-state index in [-0.39, 0.29) is 11.3 Å². The number of likely N-dealkylation sites (tertiary alicyclic amines) is 1. The highest BCUT2D eigenvalue weighted by Gasteiger charge is 2.35. The molecule has 7 nitrogen and oxygen atoms in total. The van der Waals surface area contributed by atoms with Gasteiger partial charge in [0.1, 0.15) is 5.84 Å². The Balaban J connectivity index is 1.66. The molecule has 2 N–H and O–H groups in total. The third-order valence-corrected chi connectivity index (χ3v) is 6.07. The van der Waals surface area contributed by atoms with E-state index in [1.165, 1.54) is 0 Å². The van der Waals surface area contributed by atoms with Crippen LogP contribution in [0.4, 0.5) is 16.2 Å². The van der Waals surface area contributed by atoms with Gasteiger partial charge in [-0.25, -0.2) is 9.79 Å². The minimum absolute atomic E-state index is 0.156. The number of piperidine rings is 1. The molecule has 0 saturated carbocycles. The molecule has 32 heavy (non-hydrogen) atoms. The number of carbonyl (C=O) groups excluding carboxylic acids is 2. The van der Waals surface area contributed by atoms with Crippen molar-refractivity contribution in [3.8, 4) is 0 Å². The standard InChI is InChI=1S/C25H31N5O2/c1-17-9-7-10-18(15-17)26-24(32)28-21-23(31)29(4)20-12-6-5-11-19(20)22(27-21)30-14-8-13-25(2,3)16-30/h5-7,9-12,15,21H,8,13-14,16H2,1-4H3,(H2,26,28,32)/t21-/m0/s1. The lowest BCUT2D eigenvalue weighted by Gasteiger charge is -2.40. The number of aliphatic imine (C=N–C) groups is 1. The molecule has 2 aromatic carbocycles. The Bertz CT molecular complexity index is 1060. The van der Waals surface area contributed by atoms with Crippen LogP contribution in [0.25, 0.3) is 0 Å². The van der Waals surface area contributed by atoms with E-state index in [0.717, 1.165) is 48.6 Å². The Hall–Kier alpha value is -3.35. The van der Waals surface area contributed by atoms with Gasteiger partial charge in [-0.05, 0) is 55.0 Å². The highest BCUT2D eigenvalue weighted by molar-refractivity contribution is 6.12. The zero-order valence-corrected chi connectivity index (χ0v) is 19.2. The highest BCUT2D eigenvalue weighted by Crippen LogP contribution is 2.32. The van der Waals surface area contributed by atoms with Gasteiger partial charge in [-0.15, -0.1) is 0 Å². The summed E-state index contributed by atoms with van der Waals surface area (Å²) < 4.78 is 0. The maximum Gasteiger partial charge on any atom is 0.321 e. The van der Waals surface area contributed by atoms with Crippen LogP contribution in [-0.2, 0) is 4.79 Å². The van der Waals surface area contributed by atoms with Crippen LogP contribution >= 0.6 is 0 Å². The minimum Gasteiger partial charge on any atom is -0.356 e. The maximum atomic E-state index is 13.3. The van der Waals surface area contributed by atoms with Gasteiger partial charge in [0.2, 0.25) is 6.17 Å². The predicted molar refractivity (Wildman–Crippen MR) is 128 cm³/mol. The zero-order chi connectivity index (χ0) is 22.9. The van der Waals surface area contributed by atoms with Gasteiger partial charge in [0.25, 0.3) is 5.91 Å². The summed E-state index contributed by atoms with van der Waals surface area (Å²) >= 11 is 0. The third-order valence-electron chi connectivity index (χ3n) is 6.07. The summed E-state index contributed by atoms with van der Waals surface area (Å²) in [7, 11) is 1.73. The van der Waals surface area contributed by atoms with Gasteiger partial charge in [-0.1, -0.05) is 38.1 Å². The number of likely N-dealkylation sites (N-methyl/N-ethyl adjacent to an activating group) is 1.